The molecule has 0 aromatic rings. The molecular weight excluding hydrogens is 244 g/mol. The van der Waals surface area contributed by atoms with Crippen LogP contribution < -0.4 is 5.32 Å². The number of likely N-dealkylation sites (tertiary alicyclic amines) is 1. The van der Waals surface area contributed by atoms with E-state index in [0.717, 1.165) is 19.4 Å². The molecule has 2 aliphatic heterocycles. The summed E-state index contributed by atoms with van der Waals surface area (Å²) in [6.07, 6.45) is 2.17. The van der Waals surface area contributed by atoms with Gasteiger partial charge in [-0.25, -0.2) is 4.79 Å². The third kappa shape index (κ3) is 3.01. The molecule has 2 unspecified atom stereocenters. The van der Waals surface area contributed by atoms with E-state index in [1.807, 2.05) is 25.7 Å². The van der Waals surface area contributed by atoms with Crippen LogP contribution in [0, 0.1) is 5.41 Å². The van der Waals surface area contributed by atoms with Crippen molar-refractivity contribution >= 4 is 12.0 Å². The predicted molar refractivity (Wildman–Crippen MR) is 71.7 cm³/mol. The van der Waals surface area contributed by atoms with Crippen LogP contribution in [-0.4, -0.2) is 41.6 Å². The molecule has 5 heteroatoms. The van der Waals surface area contributed by atoms with Gasteiger partial charge in [0.1, 0.15) is 5.60 Å². The third-order valence-corrected chi connectivity index (χ3v) is 3.94. The highest BCUT2D eigenvalue weighted by molar-refractivity contribution is 5.79. The normalized spacial score (nSPS) is 31.5. The van der Waals surface area contributed by atoms with Crippen molar-refractivity contribution < 1.29 is 14.3 Å². The van der Waals surface area contributed by atoms with Crippen LogP contribution in [0.4, 0.5) is 4.79 Å². The number of carbonyl (C=O) groups excluding carboxylic acids is 2. The molecule has 2 saturated heterocycles. The highest BCUT2D eigenvalue weighted by atomic mass is 16.6. The van der Waals surface area contributed by atoms with Gasteiger partial charge < -0.3 is 15.0 Å². The summed E-state index contributed by atoms with van der Waals surface area (Å²) in [6, 6.07) is 0.0984. The molecule has 108 valence electrons. The number of nitrogens with zero attached hydrogens (tertiary/aromatic N) is 1. The Bertz CT molecular complexity index is 389. The monoisotopic (exact) mass is 268 g/mol. The van der Waals surface area contributed by atoms with Crippen molar-refractivity contribution in [3.05, 3.63) is 0 Å². The van der Waals surface area contributed by atoms with Gasteiger partial charge in [0.25, 0.3) is 0 Å². The first-order valence-electron chi connectivity index (χ1n) is 6.98. The van der Waals surface area contributed by atoms with E-state index in [4.69, 9.17) is 4.74 Å². The number of nitrogens with one attached hydrogen (secondary N) is 1. The van der Waals surface area contributed by atoms with E-state index in [-0.39, 0.29) is 23.5 Å². The standard InChI is InChI=1S/C14H24N2O3/c1-13(2,3)19-12(18)16-7-5-6-10(16)14(4)8-11(17)15-9-14/h10H,5-9H2,1-4H3,(H,15,17). The third-order valence-electron chi connectivity index (χ3n) is 3.94. The number of rotatable bonds is 1. The average molecular weight is 268 g/mol. The van der Waals surface area contributed by atoms with Gasteiger partial charge in [-0.1, -0.05) is 6.92 Å². The molecule has 2 atom stereocenters. The van der Waals surface area contributed by atoms with Crippen LogP contribution in [0.25, 0.3) is 0 Å². The van der Waals surface area contributed by atoms with Crippen molar-refractivity contribution in [1.82, 2.24) is 10.2 Å². The summed E-state index contributed by atoms with van der Waals surface area (Å²) in [5, 5.41) is 2.88. The van der Waals surface area contributed by atoms with E-state index in [1.165, 1.54) is 0 Å². The number of carbonyl (C=O) groups is 2. The molecule has 2 rings (SSSR count). The van der Waals surface area contributed by atoms with E-state index in [2.05, 4.69) is 12.2 Å². The van der Waals surface area contributed by atoms with Gasteiger partial charge in [-0.2, -0.15) is 0 Å². The van der Waals surface area contributed by atoms with Crippen LogP contribution >= 0.6 is 0 Å². The van der Waals surface area contributed by atoms with Crippen LogP contribution in [0.15, 0.2) is 0 Å². The molecule has 2 aliphatic rings. The van der Waals surface area contributed by atoms with Crippen LogP contribution in [0.5, 0.6) is 0 Å². The zero-order valence-corrected chi connectivity index (χ0v) is 12.3. The topological polar surface area (TPSA) is 58.6 Å². The molecule has 19 heavy (non-hydrogen) atoms. The van der Waals surface area contributed by atoms with Crippen LogP contribution in [0.2, 0.25) is 0 Å². The number of hydrogen-bond acceptors (Lipinski definition) is 3. The molecule has 0 aliphatic carbocycles. The van der Waals surface area contributed by atoms with Crippen LogP contribution in [0.1, 0.15) is 47.0 Å². The Morgan fingerprint density at radius 1 is 1.47 bits per heavy atom. The molecule has 1 N–H and O–H groups in total. The average Bonchev–Trinajstić information content (AvgIpc) is 2.83. The molecule has 0 spiro atoms. The SMILES string of the molecule is CC(C)(C)OC(=O)N1CCCC1C1(C)CNC(=O)C1. The maximum Gasteiger partial charge on any atom is 0.410 e. The molecule has 0 radical (unpaired) electrons. The Kier molecular flexibility index (Phi) is 3.49. The van der Waals surface area contributed by atoms with Gasteiger partial charge in [0, 0.05) is 31.0 Å². The Balaban J connectivity index is 2.09. The first-order valence-corrected chi connectivity index (χ1v) is 6.98. The van der Waals surface area contributed by atoms with Gasteiger partial charge in [-0.3, -0.25) is 4.79 Å². The van der Waals surface area contributed by atoms with Gasteiger partial charge in [0.15, 0.2) is 0 Å². The fourth-order valence-electron chi connectivity index (χ4n) is 3.06. The van der Waals surface area contributed by atoms with Gasteiger partial charge in [0.05, 0.1) is 0 Å². The molecule has 0 aromatic heterocycles. The summed E-state index contributed by atoms with van der Waals surface area (Å²) < 4.78 is 5.46. The van der Waals surface area contributed by atoms with Crippen LogP contribution in [-0.2, 0) is 9.53 Å². The summed E-state index contributed by atoms with van der Waals surface area (Å²) in [5.41, 5.74) is -0.640. The summed E-state index contributed by atoms with van der Waals surface area (Å²) in [7, 11) is 0. The van der Waals surface area contributed by atoms with Crippen molar-refractivity contribution in [3.8, 4) is 0 Å². The zero-order chi connectivity index (χ0) is 14.3. The highest BCUT2D eigenvalue weighted by Gasteiger charge is 2.47. The minimum Gasteiger partial charge on any atom is -0.444 e. The van der Waals surface area contributed by atoms with Gasteiger partial charge >= 0.3 is 6.09 Å². The summed E-state index contributed by atoms with van der Waals surface area (Å²) in [4.78, 5) is 25.5. The van der Waals surface area contributed by atoms with Crippen molar-refractivity contribution in [2.45, 2.75) is 58.6 Å². The Morgan fingerprint density at radius 2 is 2.16 bits per heavy atom. The maximum atomic E-state index is 12.3. The van der Waals surface area contributed by atoms with Gasteiger partial charge in [-0.05, 0) is 33.6 Å². The fraction of sp³-hybridized carbons (Fsp3) is 0.857. The smallest absolute Gasteiger partial charge is 0.410 e. The molecular formula is C14H24N2O3. The lowest BCUT2D eigenvalue weighted by atomic mass is 9.80. The lowest BCUT2D eigenvalue weighted by molar-refractivity contribution is -0.119. The number of hydrogen-bond donors (Lipinski definition) is 1. The second-order valence-corrected chi connectivity index (χ2v) is 6.94. The Morgan fingerprint density at radius 3 is 2.68 bits per heavy atom. The molecule has 0 bridgehead atoms. The van der Waals surface area contributed by atoms with Crippen molar-refractivity contribution in [2.24, 2.45) is 5.41 Å². The molecule has 0 aromatic carbocycles. The van der Waals surface area contributed by atoms with E-state index in [9.17, 15) is 9.59 Å². The fourth-order valence-corrected chi connectivity index (χ4v) is 3.06. The minimum absolute atomic E-state index is 0.0820. The quantitative estimate of drug-likeness (QED) is 0.790. The van der Waals surface area contributed by atoms with Crippen molar-refractivity contribution in [1.29, 1.82) is 0 Å². The minimum atomic E-state index is -0.477. The molecule has 2 heterocycles. The van der Waals surface area contributed by atoms with Gasteiger partial charge in [0.2, 0.25) is 5.91 Å². The maximum absolute atomic E-state index is 12.3. The van der Waals surface area contributed by atoms with Crippen LogP contribution in [0.3, 0.4) is 0 Å². The van der Waals surface area contributed by atoms with E-state index in [1.54, 1.807) is 0 Å². The predicted octanol–water partition coefficient (Wildman–Crippen LogP) is 1.91. The first kappa shape index (κ1) is 14.2. The van der Waals surface area contributed by atoms with Gasteiger partial charge in [-0.15, -0.1) is 0 Å². The van der Waals surface area contributed by atoms with E-state index >= 15 is 0 Å². The van der Waals surface area contributed by atoms with Crippen molar-refractivity contribution in [3.63, 3.8) is 0 Å². The molecule has 2 fully saturated rings. The van der Waals surface area contributed by atoms with E-state index < -0.39 is 5.60 Å². The molecule has 5 nitrogen and oxygen atoms in total. The summed E-state index contributed by atoms with van der Waals surface area (Å²) in [6.45, 7) is 9.08. The molecule has 0 saturated carbocycles. The Hall–Kier alpha value is -1.26. The second-order valence-electron chi connectivity index (χ2n) is 6.94. The zero-order valence-electron chi connectivity index (χ0n) is 12.3. The van der Waals surface area contributed by atoms with E-state index in [0.29, 0.717) is 13.0 Å². The lowest BCUT2D eigenvalue weighted by Gasteiger charge is -2.37. The first-order chi connectivity index (χ1) is 8.71. The lowest BCUT2D eigenvalue weighted by Crippen LogP contribution is -2.48. The highest BCUT2D eigenvalue weighted by Crippen LogP contribution is 2.39. The van der Waals surface area contributed by atoms with Crippen molar-refractivity contribution in [2.75, 3.05) is 13.1 Å². The molecule has 2 amide bonds. The second kappa shape index (κ2) is 4.69. The Labute approximate surface area is 114 Å². The number of amides is 2. The number of ether oxygens (including phenoxy) is 1. The summed E-state index contributed by atoms with van der Waals surface area (Å²) >= 11 is 0. The summed E-state index contributed by atoms with van der Waals surface area (Å²) in [5.74, 6) is 0.0820. The largest absolute Gasteiger partial charge is 0.444 e.